The van der Waals surface area contributed by atoms with E-state index in [2.05, 4.69) is 13.8 Å². The minimum absolute atomic E-state index is 0.0621. The molecule has 0 saturated heterocycles. The van der Waals surface area contributed by atoms with Gasteiger partial charge in [0.05, 0.1) is 5.92 Å². The van der Waals surface area contributed by atoms with Gasteiger partial charge < -0.3 is 4.74 Å². The predicted octanol–water partition coefficient (Wildman–Crippen LogP) is 3.07. The molecule has 10 unspecified atom stereocenters. The summed E-state index contributed by atoms with van der Waals surface area (Å²) in [5.74, 6) is 5.04. The Bertz CT molecular complexity index is 539. The number of esters is 1. The van der Waals surface area contributed by atoms with Crippen LogP contribution in [0.25, 0.3) is 0 Å². The number of hydrogen-bond donors (Lipinski definition) is 0. The molecular formula is C19H26O3. The second-order valence-electron chi connectivity index (χ2n) is 8.96. The number of carbonyl (C=O) groups is 2. The Hall–Kier alpha value is -0.860. The first-order chi connectivity index (χ1) is 10.5. The van der Waals surface area contributed by atoms with Crippen LogP contribution in [0.3, 0.4) is 0 Å². The molecule has 5 aliphatic carbocycles. The van der Waals surface area contributed by atoms with E-state index in [9.17, 15) is 9.59 Å². The van der Waals surface area contributed by atoms with E-state index in [1.165, 1.54) is 6.42 Å². The van der Waals surface area contributed by atoms with Crippen molar-refractivity contribution in [2.75, 3.05) is 0 Å². The van der Waals surface area contributed by atoms with Crippen molar-refractivity contribution in [3.63, 3.8) is 0 Å². The molecule has 0 aromatic heterocycles. The fraction of sp³-hybridized carbons (Fsp3) is 0.895. The number of fused-ring (bicyclic) bond motifs is 3. The zero-order valence-corrected chi connectivity index (χ0v) is 13.5. The summed E-state index contributed by atoms with van der Waals surface area (Å²) in [6.45, 7) is 4.66. The van der Waals surface area contributed by atoms with Gasteiger partial charge in [-0.2, -0.15) is 0 Å². The average Bonchev–Trinajstić information content (AvgIpc) is 3.23. The summed E-state index contributed by atoms with van der Waals surface area (Å²) in [6, 6.07) is 0. The fourth-order valence-electron chi connectivity index (χ4n) is 7.08. The third-order valence-corrected chi connectivity index (χ3v) is 8.39. The van der Waals surface area contributed by atoms with Crippen LogP contribution >= 0.6 is 0 Å². The first-order valence-corrected chi connectivity index (χ1v) is 9.27. The first kappa shape index (κ1) is 13.6. The van der Waals surface area contributed by atoms with E-state index in [0.717, 1.165) is 31.1 Å². The molecule has 22 heavy (non-hydrogen) atoms. The van der Waals surface area contributed by atoms with Gasteiger partial charge in [-0.25, -0.2) is 0 Å². The Morgan fingerprint density at radius 3 is 2.45 bits per heavy atom. The minimum Gasteiger partial charge on any atom is -0.462 e. The maximum absolute atomic E-state index is 12.8. The first-order valence-electron chi connectivity index (χ1n) is 9.27. The van der Waals surface area contributed by atoms with E-state index in [1.54, 1.807) is 0 Å². The quantitative estimate of drug-likeness (QED) is 0.736. The standard InChI is InChI=1S/C19H26O3/c1-8-9(2)12-3-10(8)4-16(12)19(21)22-18-11-5-13-14(6-11)17(20)7-15(13)18/h8-16,18H,3-7H2,1-2H3. The number of rotatable bonds is 2. The van der Waals surface area contributed by atoms with Crippen molar-refractivity contribution in [3.05, 3.63) is 0 Å². The molecule has 10 atom stereocenters. The van der Waals surface area contributed by atoms with Crippen LogP contribution in [0.2, 0.25) is 0 Å². The third-order valence-electron chi connectivity index (χ3n) is 8.39. The van der Waals surface area contributed by atoms with E-state index in [4.69, 9.17) is 4.74 Å². The molecule has 5 rings (SSSR count). The number of hydrogen-bond acceptors (Lipinski definition) is 3. The lowest BCUT2D eigenvalue weighted by Crippen LogP contribution is -2.37. The van der Waals surface area contributed by atoms with Crippen molar-refractivity contribution in [2.45, 2.75) is 52.1 Å². The van der Waals surface area contributed by atoms with Crippen LogP contribution in [-0.2, 0) is 14.3 Å². The van der Waals surface area contributed by atoms with Crippen molar-refractivity contribution in [1.82, 2.24) is 0 Å². The normalized spacial score (nSPS) is 57.8. The third kappa shape index (κ3) is 1.58. The molecule has 0 aromatic carbocycles. The largest absolute Gasteiger partial charge is 0.462 e. The van der Waals surface area contributed by atoms with Gasteiger partial charge in [0.25, 0.3) is 0 Å². The van der Waals surface area contributed by atoms with Gasteiger partial charge >= 0.3 is 5.97 Å². The van der Waals surface area contributed by atoms with Gasteiger partial charge in [0.2, 0.25) is 0 Å². The van der Waals surface area contributed by atoms with Crippen LogP contribution in [0.4, 0.5) is 0 Å². The highest BCUT2D eigenvalue weighted by molar-refractivity contribution is 5.85. The number of ether oxygens (including phenoxy) is 1. The number of carbonyl (C=O) groups excluding carboxylic acids is 2. The van der Waals surface area contributed by atoms with Crippen LogP contribution < -0.4 is 0 Å². The summed E-state index contributed by atoms with van der Waals surface area (Å²) < 4.78 is 6.05. The Morgan fingerprint density at radius 1 is 0.955 bits per heavy atom. The van der Waals surface area contributed by atoms with Crippen molar-refractivity contribution in [2.24, 2.45) is 53.3 Å². The molecular weight excluding hydrogens is 276 g/mol. The number of Topliss-reactive ketones (excluding diaryl/α,β-unsaturated/α-hetero) is 1. The molecule has 0 radical (unpaired) electrons. The van der Waals surface area contributed by atoms with Gasteiger partial charge in [0.15, 0.2) is 0 Å². The van der Waals surface area contributed by atoms with Crippen molar-refractivity contribution >= 4 is 11.8 Å². The van der Waals surface area contributed by atoms with E-state index >= 15 is 0 Å². The molecule has 5 aliphatic rings. The maximum Gasteiger partial charge on any atom is 0.309 e. The lowest BCUT2D eigenvalue weighted by Gasteiger charge is -2.33. The highest BCUT2D eigenvalue weighted by atomic mass is 16.5. The molecule has 5 saturated carbocycles. The molecule has 5 fully saturated rings. The second kappa shape index (κ2) is 4.36. The molecule has 0 spiro atoms. The summed E-state index contributed by atoms with van der Waals surface area (Å²) >= 11 is 0. The summed E-state index contributed by atoms with van der Waals surface area (Å²) in [7, 11) is 0. The Morgan fingerprint density at radius 2 is 1.73 bits per heavy atom. The van der Waals surface area contributed by atoms with Gasteiger partial charge in [-0.1, -0.05) is 13.8 Å². The molecule has 0 aliphatic heterocycles. The zero-order chi connectivity index (χ0) is 15.2. The lowest BCUT2D eigenvalue weighted by atomic mass is 9.75. The van der Waals surface area contributed by atoms with Crippen LogP contribution in [0.1, 0.15) is 46.0 Å². The molecule has 0 heterocycles. The highest BCUT2D eigenvalue weighted by Gasteiger charge is 2.61. The highest BCUT2D eigenvalue weighted by Crippen LogP contribution is 2.60. The van der Waals surface area contributed by atoms with Gasteiger partial charge in [-0.15, -0.1) is 0 Å². The summed E-state index contributed by atoms with van der Waals surface area (Å²) in [5.41, 5.74) is 0. The molecule has 4 bridgehead atoms. The Kier molecular flexibility index (Phi) is 2.69. The molecule has 0 aromatic rings. The monoisotopic (exact) mass is 302 g/mol. The van der Waals surface area contributed by atoms with Crippen molar-refractivity contribution in [1.29, 1.82) is 0 Å². The van der Waals surface area contributed by atoms with Gasteiger partial charge in [-0.3, -0.25) is 9.59 Å². The van der Waals surface area contributed by atoms with Gasteiger partial charge in [-0.05, 0) is 61.2 Å². The maximum atomic E-state index is 12.8. The molecule has 120 valence electrons. The predicted molar refractivity (Wildman–Crippen MR) is 80.7 cm³/mol. The summed E-state index contributed by atoms with van der Waals surface area (Å²) in [4.78, 5) is 24.8. The summed E-state index contributed by atoms with van der Waals surface area (Å²) in [6.07, 6.45) is 5.12. The SMILES string of the molecule is CC1C2CC(C(=O)OC3C4CC5C(=O)CC3C5C4)C(C2)C1C. The molecule has 0 amide bonds. The van der Waals surface area contributed by atoms with Crippen molar-refractivity contribution in [3.8, 4) is 0 Å². The average molecular weight is 302 g/mol. The van der Waals surface area contributed by atoms with Crippen LogP contribution in [0, 0.1) is 53.3 Å². The smallest absolute Gasteiger partial charge is 0.309 e. The van der Waals surface area contributed by atoms with E-state index in [1.807, 2.05) is 0 Å². The lowest BCUT2D eigenvalue weighted by molar-refractivity contribution is -0.162. The van der Waals surface area contributed by atoms with E-state index in [0.29, 0.717) is 47.7 Å². The van der Waals surface area contributed by atoms with E-state index < -0.39 is 0 Å². The Labute approximate surface area is 132 Å². The zero-order valence-electron chi connectivity index (χ0n) is 13.5. The van der Waals surface area contributed by atoms with Gasteiger partial charge in [0.1, 0.15) is 11.9 Å². The van der Waals surface area contributed by atoms with Gasteiger partial charge in [0, 0.05) is 18.3 Å². The van der Waals surface area contributed by atoms with Crippen molar-refractivity contribution < 1.29 is 14.3 Å². The van der Waals surface area contributed by atoms with E-state index in [-0.39, 0.29) is 18.0 Å². The number of ketones is 1. The fourth-order valence-corrected chi connectivity index (χ4v) is 7.08. The van der Waals surface area contributed by atoms with Crippen LogP contribution in [0.15, 0.2) is 0 Å². The topological polar surface area (TPSA) is 43.4 Å². The minimum atomic E-state index is 0.0621. The molecule has 0 N–H and O–H groups in total. The molecule has 3 heteroatoms. The van der Waals surface area contributed by atoms with Crippen LogP contribution in [-0.4, -0.2) is 17.9 Å². The molecule has 3 nitrogen and oxygen atoms in total. The van der Waals surface area contributed by atoms with Crippen LogP contribution in [0.5, 0.6) is 0 Å². The Balaban J connectivity index is 1.30. The summed E-state index contributed by atoms with van der Waals surface area (Å²) in [5, 5.41) is 0. The second-order valence-corrected chi connectivity index (χ2v) is 8.96.